The van der Waals surface area contributed by atoms with Crippen LogP contribution in [0.15, 0.2) is 42.6 Å². The fourth-order valence-electron chi connectivity index (χ4n) is 1.41. The molecule has 19 heavy (non-hydrogen) atoms. The van der Waals surface area contributed by atoms with Gasteiger partial charge in [-0.15, -0.1) is 0 Å². The summed E-state index contributed by atoms with van der Waals surface area (Å²) >= 11 is 2.12. The van der Waals surface area contributed by atoms with E-state index in [1.165, 1.54) is 18.3 Å². The molecular formula is C13H9IN2O3. The minimum atomic E-state index is -1.05. The molecule has 1 aromatic carbocycles. The van der Waals surface area contributed by atoms with Crippen LogP contribution < -0.4 is 5.32 Å². The molecule has 0 aliphatic carbocycles. The molecule has 0 aliphatic rings. The number of anilines is 1. The van der Waals surface area contributed by atoms with Crippen molar-refractivity contribution in [1.82, 2.24) is 4.98 Å². The molecule has 96 valence electrons. The number of nitrogens with one attached hydrogen (secondary N) is 1. The van der Waals surface area contributed by atoms with Gasteiger partial charge in [0.05, 0.1) is 5.56 Å². The number of carbonyl (C=O) groups is 2. The Labute approximate surface area is 122 Å². The summed E-state index contributed by atoms with van der Waals surface area (Å²) in [6.07, 6.45) is 1.20. The van der Waals surface area contributed by atoms with Gasteiger partial charge in [0, 0.05) is 15.3 Å². The average molecular weight is 368 g/mol. The maximum absolute atomic E-state index is 11.9. The van der Waals surface area contributed by atoms with Gasteiger partial charge in [-0.1, -0.05) is 6.07 Å². The van der Waals surface area contributed by atoms with E-state index in [1.807, 2.05) is 6.07 Å². The highest BCUT2D eigenvalue weighted by Gasteiger charge is 2.08. The molecule has 1 heterocycles. The summed E-state index contributed by atoms with van der Waals surface area (Å²) in [4.78, 5) is 26.5. The Bertz CT molecular complexity index is 626. The van der Waals surface area contributed by atoms with E-state index in [-0.39, 0.29) is 11.5 Å². The van der Waals surface area contributed by atoms with Gasteiger partial charge in [0.2, 0.25) is 0 Å². The first-order valence-corrected chi connectivity index (χ1v) is 6.40. The highest BCUT2D eigenvalue weighted by atomic mass is 127. The van der Waals surface area contributed by atoms with Crippen molar-refractivity contribution in [3.05, 3.63) is 57.3 Å². The van der Waals surface area contributed by atoms with Crippen LogP contribution in [0.2, 0.25) is 0 Å². The lowest BCUT2D eigenvalue weighted by Crippen LogP contribution is -2.13. The summed E-state index contributed by atoms with van der Waals surface area (Å²) in [6.45, 7) is 0. The Morgan fingerprint density at radius 2 is 1.95 bits per heavy atom. The van der Waals surface area contributed by atoms with Crippen LogP contribution in [0.4, 0.5) is 5.82 Å². The van der Waals surface area contributed by atoms with Crippen molar-refractivity contribution < 1.29 is 14.7 Å². The number of aromatic nitrogens is 1. The SMILES string of the molecule is O=C(O)c1ccc(NC(=O)c2cccc(I)c2)nc1. The van der Waals surface area contributed by atoms with E-state index < -0.39 is 5.97 Å². The first kappa shape index (κ1) is 13.5. The van der Waals surface area contributed by atoms with Crippen LogP contribution in [0.5, 0.6) is 0 Å². The minimum absolute atomic E-state index is 0.0762. The summed E-state index contributed by atoms with van der Waals surface area (Å²) < 4.78 is 0.958. The molecule has 5 nitrogen and oxygen atoms in total. The Balaban J connectivity index is 2.13. The number of halogens is 1. The number of rotatable bonds is 3. The van der Waals surface area contributed by atoms with E-state index in [2.05, 4.69) is 32.9 Å². The highest BCUT2D eigenvalue weighted by molar-refractivity contribution is 14.1. The molecule has 2 rings (SSSR count). The summed E-state index contributed by atoms with van der Waals surface area (Å²) in [7, 11) is 0. The van der Waals surface area contributed by atoms with Crippen LogP contribution in [0.3, 0.4) is 0 Å². The monoisotopic (exact) mass is 368 g/mol. The lowest BCUT2D eigenvalue weighted by atomic mass is 10.2. The van der Waals surface area contributed by atoms with Crippen LogP contribution in [0, 0.1) is 3.57 Å². The number of amides is 1. The van der Waals surface area contributed by atoms with E-state index in [0.717, 1.165) is 3.57 Å². The number of benzene rings is 1. The maximum Gasteiger partial charge on any atom is 0.337 e. The van der Waals surface area contributed by atoms with Crippen molar-refractivity contribution in [1.29, 1.82) is 0 Å². The van der Waals surface area contributed by atoms with Crippen LogP contribution in [0.1, 0.15) is 20.7 Å². The lowest BCUT2D eigenvalue weighted by Gasteiger charge is -2.05. The summed E-state index contributed by atoms with van der Waals surface area (Å²) in [6, 6.07) is 9.97. The topological polar surface area (TPSA) is 79.3 Å². The fraction of sp³-hybridized carbons (Fsp3) is 0. The zero-order valence-corrected chi connectivity index (χ0v) is 11.8. The Morgan fingerprint density at radius 1 is 1.16 bits per heavy atom. The van der Waals surface area contributed by atoms with Gasteiger partial charge in [0.25, 0.3) is 5.91 Å². The van der Waals surface area contributed by atoms with Crippen molar-refractivity contribution in [2.75, 3.05) is 5.32 Å². The smallest absolute Gasteiger partial charge is 0.337 e. The van der Waals surface area contributed by atoms with E-state index in [4.69, 9.17) is 5.11 Å². The van der Waals surface area contributed by atoms with Crippen molar-refractivity contribution >= 4 is 40.3 Å². The molecule has 0 bridgehead atoms. The molecule has 0 fully saturated rings. The van der Waals surface area contributed by atoms with Crippen LogP contribution in [0.25, 0.3) is 0 Å². The molecule has 2 N–H and O–H groups in total. The fourth-order valence-corrected chi connectivity index (χ4v) is 1.96. The zero-order chi connectivity index (χ0) is 13.8. The Kier molecular flexibility index (Phi) is 4.10. The second kappa shape index (κ2) is 5.79. The summed E-state index contributed by atoms with van der Waals surface area (Å²) in [5, 5.41) is 11.3. The average Bonchev–Trinajstić information content (AvgIpc) is 2.39. The van der Waals surface area contributed by atoms with Crippen molar-refractivity contribution in [3.63, 3.8) is 0 Å². The zero-order valence-electron chi connectivity index (χ0n) is 9.63. The molecule has 0 radical (unpaired) electrons. The minimum Gasteiger partial charge on any atom is -0.478 e. The molecule has 0 saturated carbocycles. The van der Waals surface area contributed by atoms with Crippen molar-refractivity contribution in [2.45, 2.75) is 0 Å². The Morgan fingerprint density at radius 3 is 2.53 bits per heavy atom. The summed E-state index contributed by atoms with van der Waals surface area (Å²) in [5.41, 5.74) is 0.600. The summed E-state index contributed by atoms with van der Waals surface area (Å²) in [5.74, 6) is -1.02. The third-order valence-corrected chi connectivity index (χ3v) is 3.01. The largest absolute Gasteiger partial charge is 0.478 e. The van der Waals surface area contributed by atoms with Gasteiger partial charge in [-0.25, -0.2) is 9.78 Å². The number of carboxylic acids is 1. The van der Waals surface area contributed by atoms with Crippen LogP contribution in [-0.2, 0) is 0 Å². The first-order chi connectivity index (χ1) is 9.06. The molecule has 1 aromatic heterocycles. The third-order valence-electron chi connectivity index (χ3n) is 2.34. The van der Waals surface area contributed by atoms with Gasteiger partial charge in [0.1, 0.15) is 5.82 Å². The second-order valence-electron chi connectivity index (χ2n) is 3.70. The third kappa shape index (κ3) is 3.50. The number of hydrogen-bond donors (Lipinski definition) is 2. The predicted molar refractivity (Wildman–Crippen MR) is 78.3 cm³/mol. The van der Waals surface area contributed by atoms with Crippen LogP contribution in [-0.4, -0.2) is 22.0 Å². The van der Waals surface area contributed by atoms with E-state index in [9.17, 15) is 9.59 Å². The number of pyridine rings is 1. The Hall–Kier alpha value is -1.96. The number of carboxylic acid groups (broad SMARTS) is 1. The van der Waals surface area contributed by atoms with Gasteiger partial charge in [0.15, 0.2) is 0 Å². The van der Waals surface area contributed by atoms with Gasteiger partial charge in [-0.05, 0) is 52.9 Å². The number of nitrogens with zero attached hydrogens (tertiary/aromatic N) is 1. The van der Waals surface area contributed by atoms with Gasteiger partial charge in [-0.2, -0.15) is 0 Å². The predicted octanol–water partition coefficient (Wildman–Crippen LogP) is 2.64. The maximum atomic E-state index is 11.9. The first-order valence-electron chi connectivity index (χ1n) is 5.32. The normalized spacial score (nSPS) is 9.95. The molecule has 0 aliphatic heterocycles. The van der Waals surface area contributed by atoms with E-state index >= 15 is 0 Å². The van der Waals surface area contributed by atoms with Crippen molar-refractivity contribution in [2.24, 2.45) is 0 Å². The molecule has 6 heteroatoms. The van der Waals surface area contributed by atoms with E-state index in [1.54, 1.807) is 18.2 Å². The molecule has 0 saturated heterocycles. The van der Waals surface area contributed by atoms with Gasteiger partial charge in [-0.3, -0.25) is 4.79 Å². The molecule has 0 unspecified atom stereocenters. The quantitative estimate of drug-likeness (QED) is 0.817. The highest BCUT2D eigenvalue weighted by Crippen LogP contribution is 2.11. The molecule has 0 spiro atoms. The number of hydrogen-bond acceptors (Lipinski definition) is 3. The molecule has 0 atom stereocenters. The molecular weight excluding hydrogens is 359 g/mol. The molecule has 2 aromatic rings. The van der Waals surface area contributed by atoms with Gasteiger partial charge >= 0.3 is 5.97 Å². The molecule has 1 amide bonds. The van der Waals surface area contributed by atoms with Crippen LogP contribution >= 0.6 is 22.6 Å². The number of aromatic carboxylic acids is 1. The van der Waals surface area contributed by atoms with Crippen molar-refractivity contribution in [3.8, 4) is 0 Å². The lowest BCUT2D eigenvalue weighted by molar-refractivity contribution is 0.0696. The standard InChI is InChI=1S/C13H9IN2O3/c14-10-3-1-2-8(6-10)12(17)16-11-5-4-9(7-15-11)13(18)19/h1-7H,(H,18,19)(H,15,16,17). The van der Waals surface area contributed by atoms with E-state index in [0.29, 0.717) is 11.4 Å². The van der Waals surface area contributed by atoms with Gasteiger partial charge < -0.3 is 10.4 Å². The second-order valence-corrected chi connectivity index (χ2v) is 4.95. The number of carbonyl (C=O) groups excluding carboxylic acids is 1.